The standard InChI is InChI=1S/C18H29FN2/c1-4-8-20-11-16-5-6-18(19)17(10-16)13-21-9-7-14(2)15(3)12-21/h5-6,10,14-15,20H,4,7-9,11-13H2,1-3H3. The van der Waals surface area contributed by atoms with E-state index in [0.717, 1.165) is 50.6 Å². The van der Waals surface area contributed by atoms with Gasteiger partial charge in [0.05, 0.1) is 0 Å². The zero-order valence-electron chi connectivity index (χ0n) is 13.7. The van der Waals surface area contributed by atoms with E-state index in [4.69, 9.17) is 0 Å². The van der Waals surface area contributed by atoms with Gasteiger partial charge in [0.1, 0.15) is 5.82 Å². The molecule has 21 heavy (non-hydrogen) atoms. The maximum Gasteiger partial charge on any atom is 0.127 e. The SMILES string of the molecule is CCCNCc1ccc(F)c(CN2CCC(C)C(C)C2)c1. The minimum Gasteiger partial charge on any atom is -0.313 e. The first-order chi connectivity index (χ1) is 10.1. The summed E-state index contributed by atoms with van der Waals surface area (Å²) in [6.45, 7) is 11.5. The van der Waals surface area contributed by atoms with E-state index in [0.29, 0.717) is 5.92 Å². The van der Waals surface area contributed by atoms with E-state index < -0.39 is 0 Å². The Labute approximate surface area is 128 Å². The van der Waals surface area contributed by atoms with Crippen molar-refractivity contribution in [3.8, 4) is 0 Å². The number of rotatable bonds is 6. The van der Waals surface area contributed by atoms with Crippen molar-refractivity contribution >= 4 is 0 Å². The molecule has 0 amide bonds. The lowest BCUT2D eigenvalue weighted by molar-refractivity contribution is 0.131. The van der Waals surface area contributed by atoms with Crippen LogP contribution in [0.1, 0.15) is 44.7 Å². The van der Waals surface area contributed by atoms with Gasteiger partial charge in [-0.2, -0.15) is 0 Å². The molecule has 2 nitrogen and oxygen atoms in total. The van der Waals surface area contributed by atoms with Gasteiger partial charge in [-0.3, -0.25) is 4.90 Å². The van der Waals surface area contributed by atoms with Crippen LogP contribution in [0.15, 0.2) is 18.2 Å². The lowest BCUT2D eigenvalue weighted by Crippen LogP contribution is -2.38. The summed E-state index contributed by atoms with van der Waals surface area (Å²) in [7, 11) is 0. The largest absolute Gasteiger partial charge is 0.313 e. The fourth-order valence-corrected chi connectivity index (χ4v) is 3.00. The first-order valence-corrected chi connectivity index (χ1v) is 8.30. The molecular weight excluding hydrogens is 263 g/mol. The van der Waals surface area contributed by atoms with Gasteiger partial charge in [-0.25, -0.2) is 4.39 Å². The highest BCUT2D eigenvalue weighted by Crippen LogP contribution is 2.24. The van der Waals surface area contributed by atoms with Crippen LogP contribution in [0.5, 0.6) is 0 Å². The summed E-state index contributed by atoms with van der Waals surface area (Å²) in [5.74, 6) is 1.42. The van der Waals surface area contributed by atoms with Crippen LogP contribution in [-0.4, -0.2) is 24.5 Å². The maximum atomic E-state index is 14.0. The Morgan fingerprint density at radius 1 is 1.29 bits per heavy atom. The molecular formula is C18H29FN2. The molecule has 1 aliphatic heterocycles. The fraction of sp³-hybridized carbons (Fsp3) is 0.667. The van der Waals surface area contributed by atoms with E-state index in [-0.39, 0.29) is 5.82 Å². The fourth-order valence-electron chi connectivity index (χ4n) is 3.00. The van der Waals surface area contributed by atoms with Crippen LogP contribution in [0.3, 0.4) is 0 Å². The summed E-state index contributed by atoms with van der Waals surface area (Å²) >= 11 is 0. The summed E-state index contributed by atoms with van der Waals surface area (Å²) in [4.78, 5) is 2.40. The lowest BCUT2D eigenvalue weighted by atomic mass is 9.88. The van der Waals surface area contributed by atoms with Gasteiger partial charge >= 0.3 is 0 Å². The molecule has 0 spiro atoms. The van der Waals surface area contributed by atoms with Gasteiger partial charge in [0, 0.05) is 25.2 Å². The Hall–Kier alpha value is -0.930. The second-order valence-corrected chi connectivity index (χ2v) is 6.58. The molecule has 1 N–H and O–H groups in total. The second-order valence-electron chi connectivity index (χ2n) is 6.58. The zero-order valence-corrected chi connectivity index (χ0v) is 13.7. The number of benzene rings is 1. The number of nitrogens with one attached hydrogen (secondary N) is 1. The van der Waals surface area contributed by atoms with Crippen molar-refractivity contribution in [2.45, 2.75) is 46.7 Å². The molecule has 0 aromatic heterocycles. The molecule has 2 atom stereocenters. The van der Waals surface area contributed by atoms with Gasteiger partial charge in [0.15, 0.2) is 0 Å². The highest BCUT2D eigenvalue weighted by atomic mass is 19.1. The Balaban J connectivity index is 1.97. The van der Waals surface area contributed by atoms with Crippen molar-refractivity contribution in [1.29, 1.82) is 0 Å². The van der Waals surface area contributed by atoms with Gasteiger partial charge in [-0.1, -0.05) is 32.9 Å². The first-order valence-electron chi connectivity index (χ1n) is 8.30. The van der Waals surface area contributed by atoms with Crippen molar-refractivity contribution in [3.05, 3.63) is 35.1 Å². The minimum absolute atomic E-state index is 0.0690. The van der Waals surface area contributed by atoms with Crippen LogP contribution >= 0.6 is 0 Å². The Kier molecular flexibility index (Phi) is 6.19. The molecule has 0 aliphatic carbocycles. The number of likely N-dealkylation sites (tertiary alicyclic amines) is 1. The van der Waals surface area contributed by atoms with E-state index in [1.54, 1.807) is 6.07 Å². The summed E-state index contributed by atoms with van der Waals surface area (Å²) in [6.07, 6.45) is 2.35. The van der Waals surface area contributed by atoms with Crippen LogP contribution in [0, 0.1) is 17.7 Å². The number of piperidine rings is 1. The van der Waals surface area contributed by atoms with Crippen molar-refractivity contribution in [2.24, 2.45) is 11.8 Å². The molecule has 1 aromatic rings. The van der Waals surface area contributed by atoms with E-state index in [2.05, 4.69) is 31.0 Å². The molecule has 2 unspecified atom stereocenters. The maximum absolute atomic E-state index is 14.0. The number of nitrogens with zero attached hydrogens (tertiary/aromatic N) is 1. The smallest absolute Gasteiger partial charge is 0.127 e. The zero-order chi connectivity index (χ0) is 15.2. The minimum atomic E-state index is -0.0690. The van der Waals surface area contributed by atoms with E-state index in [1.807, 2.05) is 12.1 Å². The normalized spacial score (nSPS) is 23.4. The molecule has 1 saturated heterocycles. The van der Waals surface area contributed by atoms with Crippen molar-refractivity contribution in [1.82, 2.24) is 10.2 Å². The van der Waals surface area contributed by atoms with Gasteiger partial charge in [-0.05, 0) is 49.4 Å². The average molecular weight is 292 g/mol. The highest BCUT2D eigenvalue weighted by Gasteiger charge is 2.23. The highest BCUT2D eigenvalue weighted by molar-refractivity contribution is 5.25. The molecule has 3 heteroatoms. The number of halogens is 1. The topological polar surface area (TPSA) is 15.3 Å². The third-order valence-electron chi connectivity index (χ3n) is 4.68. The van der Waals surface area contributed by atoms with E-state index in [1.165, 1.54) is 12.0 Å². The molecule has 118 valence electrons. The number of hydrogen-bond acceptors (Lipinski definition) is 2. The predicted molar refractivity (Wildman–Crippen MR) is 86.6 cm³/mol. The van der Waals surface area contributed by atoms with Crippen molar-refractivity contribution < 1.29 is 4.39 Å². The van der Waals surface area contributed by atoms with Crippen molar-refractivity contribution in [2.75, 3.05) is 19.6 Å². The monoisotopic (exact) mass is 292 g/mol. The summed E-state index contributed by atoms with van der Waals surface area (Å²) in [5.41, 5.74) is 2.02. The van der Waals surface area contributed by atoms with Crippen LogP contribution in [0.25, 0.3) is 0 Å². The first kappa shape index (κ1) is 16.4. The molecule has 0 radical (unpaired) electrons. The average Bonchev–Trinajstić information content (AvgIpc) is 2.46. The second kappa shape index (κ2) is 7.90. The molecule has 1 aromatic carbocycles. The third-order valence-corrected chi connectivity index (χ3v) is 4.68. The van der Waals surface area contributed by atoms with E-state index >= 15 is 0 Å². The molecule has 0 saturated carbocycles. The number of hydrogen-bond donors (Lipinski definition) is 1. The summed E-state index contributed by atoms with van der Waals surface area (Å²) in [6, 6.07) is 5.54. The van der Waals surface area contributed by atoms with Gasteiger partial charge in [-0.15, -0.1) is 0 Å². The molecule has 2 rings (SSSR count). The van der Waals surface area contributed by atoms with Gasteiger partial charge in [0.2, 0.25) is 0 Å². The van der Waals surface area contributed by atoms with Crippen LogP contribution in [0.4, 0.5) is 4.39 Å². The molecule has 0 bridgehead atoms. The Morgan fingerprint density at radius 3 is 2.81 bits per heavy atom. The van der Waals surface area contributed by atoms with Crippen LogP contribution < -0.4 is 5.32 Å². The van der Waals surface area contributed by atoms with Gasteiger partial charge < -0.3 is 5.32 Å². The summed E-state index contributed by atoms with van der Waals surface area (Å²) < 4.78 is 14.0. The van der Waals surface area contributed by atoms with E-state index in [9.17, 15) is 4.39 Å². The molecule has 1 heterocycles. The van der Waals surface area contributed by atoms with Gasteiger partial charge in [0.25, 0.3) is 0 Å². The Bertz CT molecular complexity index is 447. The lowest BCUT2D eigenvalue weighted by Gasteiger charge is -2.35. The predicted octanol–water partition coefficient (Wildman–Crippen LogP) is 3.80. The summed E-state index contributed by atoms with van der Waals surface area (Å²) in [5, 5.41) is 3.38. The van der Waals surface area contributed by atoms with Crippen LogP contribution in [0.2, 0.25) is 0 Å². The molecule has 1 fully saturated rings. The Morgan fingerprint density at radius 2 is 2.10 bits per heavy atom. The third kappa shape index (κ3) is 4.79. The van der Waals surface area contributed by atoms with Crippen molar-refractivity contribution in [3.63, 3.8) is 0 Å². The molecule has 1 aliphatic rings. The van der Waals surface area contributed by atoms with Crippen LogP contribution in [-0.2, 0) is 13.1 Å². The quantitative estimate of drug-likeness (QED) is 0.802.